The summed E-state index contributed by atoms with van der Waals surface area (Å²) in [5.41, 5.74) is 3.78. The number of rotatable bonds is 4. The van der Waals surface area contributed by atoms with Crippen molar-refractivity contribution < 1.29 is 9.53 Å². The highest BCUT2D eigenvalue weighted by Gasteiger charge is 2.50. The van der Waals surface area contributed by atoms with Gasteiger partial charge in [-0.3, -0.25) is 4.79 Å². The monoisotopic (exact) mass is 294 g/mol. The molecule has 1 aliphatic heterocycles. The molecular formula is C20H22O2. The molecular weight excluding hydrogens is 272 g/mol. The molecule has 22 heavy (non-hydrogen) atoms. The first kappa shape index (κ1) is 14.8. The topological polar surface area (TPSA) is 26.3 Å². The van der Waals surface area contributed by atoms with E-state index in [9.17, 15) is 4.79 Å². The van der Waals surface area contributed by atoms with Crippen LogP contribution in [-0.2, 0) is 10.2 Å². The van der Waals surface area contributed by atoms with Gasteiger partial charge in [0.25, 0.3) is 0 Å². The van der Waals surface area contributed by atoms with Crippen molar-refractivity contribution in [3.8, 4) is 5.75 Å². The molecule has 0 aromatic heterocycles. The fourth-order valence-electron chi connectivity index (χ4n) is 3.47. The second-order valence-corrected chi connectivity index (χ2v) is 6.21. The Morgan fingerprint density at radius 3 is 2.59 bits per heavy atom. The number of para-hydroxylation sites is 1. The van der Waals surface area contributed by atoms with Gasteiger partial charge in [0.1, 0.15) is 11.2 Å². The molecule has 0 fully saturated rings. The summed E-state index contributed by atoms with van der Waals surface area (Å²) in [4.78, 5) is 12.9. The molecule has 0 N–H and O–H groups in total. The van der Waals surface area contributed by atoms with E-state index in [-0.39, 0.29) is 5.97 Å². The number of benzene rings is 2. The molecule has 1 heterocycles. The number of carbonyl (C=O) groups excluding carboxylic acids is 1. The first-order chi connectivity index (χ1) is 10.6. The number of ether oxygens (including phenoxy) is 1. The third-order valence-electron chi connectivity index (χ3n) is 4.66. The summed E-state index contributed by atoms with van der Waals surface area (Å²) >= 11 is 0. The molecule has 0 spiro atoms. The van der Waals surface area contributed by atoms with Crippen LogP contribution >= 0.6 is 0 Å². The largest absolute Gasteiger partial charge is 0.425 e. The first-order valence-corrected chi connectivity index (χ1v) is 7.99. The standard InChI is InChI=1S/C20H22O2/c1-4-5-12-20(17-13-14(2)10-11-15(17)3)16-8-6-7-9-18(16)22-19(20)21/h6-11,13H,4-5,12H2,1-3H3. The van der Waals surface area contributed by atoms with Crippen LogP contribution in [0, 0.1) is 13.8 Å². The summed E-state index contributed by atoms with van der Waals surface area (Å²) in [5, 5.41) is 0. The van der Waals surface area contributed by atoms with Crippen molar-refractivity contribution in [3.05, 3.63) is 64.7 Å². The highest BCUT2D eigenvalue weighted by molar-refractivity contribution is 5.94. The minimum Gasteiger partial charge on any atom is -0.425 e. The van der Waals surface area contributed by atoms with Gasteiger partial charge >= 0.3 is 5.97 Å². The van der Waals surface area contributed by atoms with E-state index in [0.29, 0.717) is 5.75 Å². The predicted molar refractivity (Wildman–Crippen MR) is 88.3 cm³/mol. The number of fused-ring (bicyclic) bond motifs is 1. The van der Waals surface area contributed by atoms with Crippen molar-refractivity contribution in [1.82, 2.24) is 0 Å². The Morgan fingerprint density at radius 1 is 1.05 bits per heavy atom. The molecule has 0 saturated heterocycles. The van der Waals surface area contributed by atoms with E-state index < -0.39 is 5.41 Å². The van der Waals surface area contributed by atoms with Gasteiger partial charge in [-0.25, -0.2) is 0 Å². The molecule has 1 aliphatic rings. The van der Waals surface area contributed by atoms with Crippen LogP contribution in [-0.4, -0.2) is 5.97 Å². The third-order valence-corrected chi connectivity index (χ3v) is 4.66. The van der Waals surface area contributed by atoms with E-state index in [2.05, 4.69) is 39.0 Å². The Bertz CT molecular complexity index is 717. The van der Waals surface area contributed by atoms with Crippen LogP contribution in [0.25, 0.3) is 0 Å². The third kappa shape index (κ3) is 2.14. The molecule has 114 valence electrons. The lowest BCUT2D eigenvalue weighted by Crippen LogP contribution is -2.36. The average Bonchev–Trinajstić information content (AvgIpc) is 2.80. The van der Waals surface area contributed by atoms with Crippen molar-refractivity contribution in [2.45, 2.75) is 45.4 Å². The predicted octanol–water partition coefficient (Wildman–Crippen LogP) is 4.70. The zero-order valence-electron chi connectivity index (χ0n) is 13.5. The van der Waals surface area contributed by atoms with Gasteiger partial charge in [0, 0.05) is 5.56 Å². The van der Waals surface area contributed by atoms with Gasteiger partial charge < -0.3 is 4.74 Å². The zero-order chi connectivity index (χ0) is 15.7. The Balaban J connectivity index is 2.26. The fourth-order valence-corrected chi connectivity index (χ4v) is 3.47. The molecule has 2 nitrogen and oxygen atoms in total. The number of aryl methyl sites for hydroxylation is 2. The lowest BCUT2D eigenvalue weighted by Gasteiger charge is -2.28. The summed E-state index contributed by atoms with van der Waals surface area (Å²) in [7, 11) is 0. The highest BCUT2D eigenvalue weighted by atomic mass is 16.5. The van der Waals surface area contributed by atoms with E-state index in [4.69, 9.17) is 4.74 Å². The van der Waals surface area contributed by atoms with Gasteiger partial charge in [-0.2, -0.15) is 0 Å². The fraction of sp³-hybridized carbons (Fsp3) is 0.350. The van der Waals surface area contributed by atoms with Gasteiger partial charge in [0.05, 0.1) is 0 Å². The second kappa shape index (κ2) is 5.60. The summed E-state index contributed by atoms with van der Waals surface area (Å²) < 4.78 is 5.63. The summed E-state index contributed by atoms with van der Waals surface area (Å²) in [6.45, 7) is 6.31. The summed E-state index contributed by atoms with van der Waals surface area (Å²) in [5.74, 6) is 0.584. The molecule has 2 aromatic rings. The van der Waals surface area contributed by atoms with Crippen molar-refractivity contribution in [2.75, 3.05) is 0 Å². The Kier molecular flexibility index (Phi) is 3.78. The first-order valence-electron chi connectivity index (χ1n) is 7.99. The molecule has 0 amide bonds. The van der Waals surface area contributed by atoms with E-state index in [1.54, 1.807) is 0 Å². The number of hydrogen-bond acceptors (Lipinski definition) is 2. The van der Waals surface area contributed by atoms with Crippen molar-refractivity contribution >= 4 is 5.97 Å². The van der Waals surface area contributed by atoms with Crippen LogP contribution in [0.5, 0.6) is 5.75 Å². The van der Waals surface area contributed by atoms with Gasteiger partial charge in [0.15, 0.2) is 0 Å². The van der Waals surface area contributed by atoms with Gasteiger partial charge in [0.2, 0.25) is 0 Å². The Hall–Kier alpha value is -2.09. The maximum atomic E-state index is 12.9. The van der Waals surface area contributed by atoms with Crippen LogP contribution in [0.4, 0.5) is 0 Å². The number of unbranched alkanes of at least 4 members (excludes halogenated alkanes) is 1. The number of hydrogen-bond donors (Lipinski definition) is 0. The van der Waals surface area contributed by atoms with Gasteiger partial charge in [-0.15, -0.1) is 0 Å². The average molecular weight is 294 g/mol. The molecule has 0 saturated carbocycles. The maximum absolute atomic E-state index is 12.9. The van der Waals surface area contributed by atoms with E-state index in [1.165, 1.54) is 5.56 Å². The minimum atomic E-state index is -0.650. The lowest BCUT2D eigenvalue weighted by atomic mass is 9.70. The molecule has 1 unspecified atom stereocenters. The molecule has 2 aromatic carbocycles. The highest BCUT2D eigenvalue weighted by Crippen LogP contribution is 2.48. The molecule has 0 aliphatic carbocycles. The van der Waals surface area contributed by atoms with E-state index in [1.807, 2.05) is 24.3 Å². The van der Waals surface area contributed by atoms with Crippen LogP contribution in [0.3, 0.4) is 0 Å². The summed E-state index contributed by atoms with van der Waals surface area (Å²) in [6.07, 6.45) is 2.85. The zero-order valence-corrected chi connectivity index (χ0v) is 13.5. The van der Waals surface area contributed by atoms with Gasteiger partial charge in [-0.05, 0) is 37.5 Å². The molecule has 0 bridgehead atoms. The smallest absolute Gasteiger partial charge is 0.326 e. The number of carbonyl (C=O) groups is 1. The minimum absolute atomic E-state index is 0.129. The van der Waals surface area contributed by atoms with Crippen LogP contribution in [0.2, 0.25) is 0 Å². The SMILES string of the molecule is CCCCC1(c2cc(C)ccc2C)C(=O)Oc2ccccc21. The van der Waals surface area contributed by atoms with Crippen LogP contribution in [0.1, 0.15) is 48.4 Å². The lowest BCUT2D eigenvalue weighted by molar-refractivity contribution is -0.137. The number of esters is 1. The molecule has 3 rings (SSSR count). The maximum Gasteiger partial charge on any atom is 0.326 e. The second-order valence-electron chi connectivity index (χ2n) is 6.21. The molecule has 1 atom stereocenters. The summed E-state index contributed by atoms with van der Waals surface area (Å²) in [6, 6.07) is 14.2. The van der Waals surface area contributed by atoms with Crippen LogP contribution in [0.15, 0.2) is 42.5 Å². The normalized spacial score (nSPS) is 19.9. The quantitative estimate of drug-likeness (QED) is 0.603. The van der Waals surface area contributed by atoms with Crippen LogP contribution < -0.4 is 4.74 Å². The van der Waals surface area contributed by atoms with Gasteiger partial charge in [-0.1, -0.05) is 61.7 Å². The van der Waals surface area contributed by atoms with Crippen molar-refractivity contribution in [2.24, 2.45) is 0 Å². The molecule has 2 heteroatoms. The van der Waals surface area contributed by atoms with E-state index >= 15 is 0 Å². The Morgan fingerprint density at radius 2 is 1.82 bits per heavy atom. The molecule has 0 radical (unpaired) electrons. The van der Waals surface area contributed by atoms with Crippen molar-refractivity contribution in [1.29, 1.82) is 0 Å². The van der Waals surface area contributed by atoms with E-state index in [0.717, 1.165) is 36.0 Å². The van der Waals surface area contributed by atoms with Crippen molar-refractivity contribution in [3.63, 3.8) is 0 Å². The Labute approximate surface area is 132 Å².